The van der Waals surface area contributed by atoms with Crippen LogP contribution < -0.4 is 15.5 Å². The van der Waals surface area contributed by atoms with Crippen LogP contribution in [0.5, 0.6) is 0 Å². The standard InChI is InChI=1S/C24H30N8O/c1-3-12-31-13-15-32(16-14-31)24-29-20(4-2)27-23(30-24)28-21-11-10-18(17-25-21)22(33)26-19-8-6-5-7-9-19/h5-11,17H,3-4,12-16H2,1-2H3,(H,26,33)(H,25,27,28,29,30). The molecule has 3 aromatic rings. The van der Waals surface area contributed by atoms with Crippen molar-refractivity contribution in [2.75, 3.05) is 48.3 Å². The molecule has 1 aliphatic heterocycles. The van der Waals surface area contributed by atoms with Crippen molar-refractivity contribution in [1.29, 1.82) is 0 Å². The van der Waals surface area contributed by atoms with E-state index in [0.29, 0.717) is 29.7 Å². The Morgan fingerprint density at radius 1 is 0.970 bits per heavy atom. The summed E-state index contributed by atoms with van der Waals surface area (Å²) >= 11 is 0. The molecule has 1 saturated heterocycles. The van der Waals surface area contributed by atoms with E-state index in [4.69, 9.17) is 0 Å². The zero-order valence-electron chi connectivity index (χ0n) is 19.2. The molecule has 0 spiro atoms. The largest absolute Gasteiger partial charge is 0.338 e. The SMILES string of the molecule is CCCN1CCN(c2nc(CC)nc(Nc3ccc(C(=O)Nc4ccccc4)cn3)n2)CC1. The normalized spacial score (nSPS) is 14.2. The number of aryl methyl sites for hydroxylation is 1. The van der Waals surface area contributed by atoms with E-state index in [9.17, 15) is 4.79 Å². The van der Waals surface area contributed by atoms with E-state index in [2.05, 4.69) is 47.3 Å². The van der Waals surface area contributed by atoms with Crippen molar-refractivity contribution in [3.63, 3.8) is 0 Å². The molecular formula is C24H30N8O. The van der Waals surface area contributed by atoms with Gasteiger partial charge in [0.05, 0.1) is 5.56 Å². The van der Waals surface area contributed by atoms with E-state index in [0.717, 1.165) is 44.2 Å². The zero-order chi connectivity index (χ0) is 23.0. The lowest BCUT2D eigenvalue weighted by Gasteiger charge is -2.34. The van der Waals surface area contributed by atoms with Crippen molar-refractivity contribution in [2.24, 2.45) is 0 Å². The monoisotopic (exact) mass is 446 g/mol. The Hall–Kier alpha value is -3.59. The molecule has 0 unspecified atom stereocenters. The molecule has 9 heteroatoms. The Morgan fingerprint density at radius 2 is 1.76 bits per heavy atom. The molecule has 0 radical (unpaired) electrons. The van der Waals surface area contributed by atoms with E-state index in [1.807, 2.05) is 37.3 Å². The number of amides is 1. The lowest BCUT2D eigenvalue weighted by atomic mass is 10.2. The molecule has 0 bridgehead atoms. The van der Waals surface area contributed by atoms with Crippen LogP contribution in [0.25, 0.3) is 0 Å². The highest BCUT2D eigenvalue weighted by Gasteiger charge is 2.20. The number of rotatable bonds is 8. The van der Waals surface area contributed by atoms with E-state index in [1.54, 1.807) is 12.1 Å². The maximum Gasteiger partial charge on any atom is 0.257 e. The summed E-state index contributed by atoms with van der Waals surface area (Å²) in [6, 6.07) is 12.8. The summed E-state index contributed by atoms with van der Waals surface area (Å²) in [6.45, 7) is 9.19. The van der Waals surface area contributed by atoms with Gasteiger partial charge in [-0.1, -0.05) is 32.0 Å². The van der Waals surface area contributed by atoms with E-state index in [-0.39, 0.29) is 5.91 Å². The topological polar surface area (TPSA) is 99.2 Å². The first-order chi connectivity index (χ1) is 16.1. The molecule has 0 saturated carbocycles. The van der Waals surface area contributed by atoms with Gasteiger partial charge in [0.1, 0.15) is 11.6 Å². The van der Waals surface area contributed by atoms with Gasteiger partial charge in [-0.25, -0.2) is 4.98 Å². The Morgan fingerprint density at radius 3 is 2.42 bits per heavy atom. The first kappa shape index (κ1) is 22.6. The molecule has 2 aromatic heterocycles. The van der Waals surface area contributed by atoms with Gasteiger partial charge in [0, 0.05) is 44.5 Å². The first-order valence-electron chi connectivity index (χ1n) is 11.5. The molecular weight excluding hydrogens is 416 g/mol. The molecule has 2 N–H and O–H groups in total. The number of hydrogen-bond donors (Lipinski definition) is 2. The van der Waals surface area contributed by atoms with Gasteiger partial charge in [-0.3, -0.25) is 9.69 Å². The number of aromatic nitrogens is 4. The fourth-order valence-electron chi connectivity index (χ4n) is 3.69. The van der Waals surface area contributed by atoms with Gasteiger partial charge in [0.15, 0.2) is 0 Å². The lowest BCUT2D eigenvalue weighted by Crippen LogP contribution is -2.47. The van der Waals surface area contributed by atoms with Crippen LogP contribution in [-0.2, 0) is 6.42 Å². The van der Waals surface area contributed by atoms with Gasteiger partial charge >= 0.3 is 0 Å². The lowest BCUT2D eigenvalue weighted by molar-refractivity contribution is 0.102. The number of carbonyl (C=O) groups excluding carboxylic acids is 1. The minimum atomic E-state index is -0.210. The fourth-order valence-corrected chi connectivity index (χ4v) is 3.69. The Balaban J connectivity index is 1.43. The second-order valence-corrected chi connectivity index (χ2v) is 7.93. The van der Waals surface area contributed by atoms with Gasteiger partial charge in [-0.05, 0) is 37.2 Å². The van der Waals surface area contributed by atoms with Crippen molar-refractivity contribution in [3.8, 4) is 0 Å². The van der Waals surface area contributed by atoms with Crippen LogP contribution in [0, 0.1) is 0 Å². The predicted octanol–water partition coefficient (Wildman–Crippen LogP) is 3.36. The molecule has 9 nitrogen and oxygen atoms in total. The average Bonchev–Trinajstić information content (AvgIpc) is 2.85. The van der Waals surface area contributed by atoms with Crippen molar-refractivity contribution < 1.29 is 4.79 Å². The number of benzene rings is 1. The summed E-state index contributed by atoms with van der Waals surface area (Å²) in [7, 11) is 0. The minimum Gasteiger partial charge on any atom is -0.338 e. The maximum absolute atomic E-state index is 12.4. The van der Waals surface area contributed by atoms with Crippen LogP contribution in [0.2, 0.25) is 0 Å². The molecule has 1 aliphatic rings. The Bertz CT molecular complexity index is 1050. The number of para-hydroxylation sites is 1. The summed E-state index contributed by atoms with van der Waals surface area (Å²) in [6.07, 6.45) is 3.42. The van der Waals surface area contributed by atoms with Gasteiger partial charge in [-0.15, -0.1) is 0 Å². The van der Waals surface area contributed by atoms with Crippen molar-refractivity contribution in [1.82, 2.24) is 24.8 Å². The van der Waals surface area contributed by atoms with E-state index in [1.165, 1.54) is 12.6 Å². The molecule has 1 aromatic carbocycles. The van der Waals surface area contributed by atoms with Crippen LogP contribution in [0.15, 0.2) is 48.7 Å². The number of nitrogens with one attached hydrogen (secondary N) is 2. The van der Waals surface area contributed by atoms with Gasteiger partial charge in [0.2, 0.25) is 11.9 Å². The van der Waals surface area contributed by atoms with Crippen LogP contribution in [0.3, 0.4) is 0 Å². The molecule has 0 aliphatic carbocycles. The van der Waals surface area contributed by atoms with Crippen LogP contribution >= 0.6 is 0 Å². The average molecular weight is 447 g/mol. The number of nitrogens with zero attached hydrogens (tertiary/aromatic N) is 6. The van der Waals surface area contributed by atoms with Gasteiger partial charge in [0.25, 0.3) is 5.91 Å². The summed E-state index contributed by atoms with van der Waals surface area (Å²) < 4.78 is 0. The number of piperazine rings is 1. The predicted molar refractivity (Wildman–Crippen MR) is 130 cm³/mol. The second kappa shape index (κ2) is 10.8. The Kier molecular flexibility index (Phi) is 7.41. The zero-order valence-corrected chi connectivity index (χ0v) is 19.2. The van der Waals surface area contributed by atoms with Gasteiger partial charge < -0.3 is 15.5 Å². The number of carbonyl (C=O) groups is 1. The number of anilines is 4. The smallest absolute Gasteiger partial charge is 0.257 e. The van der Waals surface area contributed by atoms with Crippen molar-refractivity contribution in [2.45, 2.75) is 26.7 Å². The Labute approximate surface area is 194 Å². The van der Waals surface area contributed by atoms with Crippen molar-refractivity contribution in [3.05, 3.63) is 60.0 Å². The summed E-state index contributed by atoms with van der Waals surface area (Å²) in [5, 5.41) is 6.02. The number of pyridine rings is 1. The third-order valence-electron chi connectivity index (χ3n) is 5.48. The highest BCUT2D eigenvalue weighted by Crippen LogP contribution is 2.17. The van der Waals surface area contributed by atoms with Crippen LogP contribution in [0.1, 0.15) is 36.5 Å². The van der Waals surface area contributed by atoms with Gasteiger partial charge in [-0.2, -0.15) is 15.0 Å². The molecule has 0 atom stereocenters. The maximum atomic E-state index is 12.4. The number of hydrogen-bond acceptors (Lipinski definition) is 8. The fraction of sp³-hybridized carbons (Fsp3) is 0.375. The third-order valence-corrected chi connectivity index (χ3v) is 5.48. The van der Waals surface area contributed by atoms with Crippen LogP contribution in [0.4, 0.5) is 23.4 Å². The molecule has 172 valence electrons. The summed E-state index contributed by atoms with van der Waals surface area (Å²) in [4.78, 5) is 35.3. The van der Waals surface area contributed by atoms with Crippen LogP contribution in [-0.4, -0.2) is 63.5 Å². The molecule has 1 amide bonds. The van der Waals surface area contributed by atoms with E-state index < -0.39 is 0 Å². The molecule has 4 rings (SSSR count). The highest BCUT2D eigenvalue weighted by atomic mass is 16.1. The molecule has 33 heavy (non-hydrogen) atoms. The third kappa shape index (κ3) is 6.01. The first-order valence-corrected chi connectivity index (χ1v) is 11.5. The summed E-state index contributed by atoms with van der Waals surface area (Å²) in [5.74, 6) is 2.25. The highest BCUT2D eigenvalue weighted by molar-refractivity contribution is 6.04. The second-order valence-electron chi connectivity index (χ2n) is 7.93. The quantitative estimate of drug-likeness (QED) is 0.543. The minimum absolute atomic E-state index is 0.210. The van der Waals surface area contributed by atoms with E-state index >= 15 is 0 Å². The molecule has 1 fully saturated rings. The molecule has 3 heterocycles. The summed E-state index contributed by atoms with van der Waals surface area (Å²) in [5.41, 5.74) is 1.21. The van der Waals surface area contributed by atoms with Crippen molar-refractivity contribution >= 4 is 29.3 Å².